The van der Waals surface area contributed by atoms with Crippen molar-refractivity contribution < 1.29 is 9.53 Å². The molecule has 1 aromatic heterocycles. The Morgan fingerprint density at radius 2 is 2.29 bits per heavy atom. The highest BCUT2D eigenvalue weighted by atomic mass is 32.1. The predicted octanol–water partition coefficient (Wildman–Crippen LogP) is 2.47. The van der Waals surface area contributed by atoms with Crippen LogP contribution in [-0.4, -0.2) is 23.4 Å². The molecule has 1 unspecified atom stereocenters. The minimum atomic E-state index is -0.343. The first-order chi connectivity index (χ1) is 10.2. The van der Waals surface area contributed by atoms with Gasteiger partial charge in [0.05, 0.1) is 17.1 Å². The molecule has 1 aromatic carbocycles. The fraction of sp³-hybridized carbons (Fsp3) is 0.267. The Bertz CT molecular complexity index is 682. The maximum absolute atomic E-state index is 12.5. The van der Waals surface area contributed by atoms with Crippen LogP contribution in [0.5, 0.6) is 0 Å². The van der Waals surface area contributed by atoms with Gasteiger partial charge in [0, 0.05) is 16.5 Å². The number of amidine groups is 1. The zero-order valence-corrected chi connectivity index (χ0v) is 12.2. The Morgan fingerprint density at radius 3 is 3.00 bits per heavy atom. The number of rotatable bonds is 3. The normalized spacial score (nSPS) is 17.3. The third-order valence-electron chi connectivity index (χ3n) is 3.70. The predicted molar refractivity (Wildman–Crippen MR) is 81.6 cm³/mol. The average molecular weight is 301 g/mol. The van der Waals surface area contributed by atoms with Gasteiger partial charge in [-0.3, -0.25) is 10.2 Å². The Hall–Kier alpha value is -2.21. The molecule has 0 radical (unpaired) electrons. The van der Waals surface area contributed by atoms with Crippen LogP contribution in [0.1, 0.15) is 22.3 Å². The van der Waals surface area contributed by atoms with Crippen LogP contribution >= 0.6 is 11.3 Å². The van der Waals surface area contributed by atoms with Crippen LogP contribution in [0.15, 0.2) is 29.1 Å². The quantitative estimate of drug-likeness (QED) is 0.673. The van der Waals surface area contributed by atoms with Crippen molar-refractivity contribution >= 4 is 23.1 Å². The highest BCUT2D eigenvalue weighted by Gasteiger charge is 2.29. The van der Waals surface area contributed by atoms with Crippen molar-refractivity contribution in [3.05, 3.63) is 40.2 Å². The standard InChI is InChI=1S/C15H15N3O2S/c16-15(17)20-6-9-4-5-10-11(13-7-21-8-18-13)2-1-3-12(10)14(9)19/h1-3,7-9H,4-6H2,(H3,16,17). The molecular weight excluding hydrogens is 286 g/mol. The number of nitrogens with two attached hydrogens (primary N) is 1. The lowest BCUT2D eigenvalue weighted by Crippen LogP contribution is -2.29. The monoisotopic (exact) mass is 301 g/mol. The number of Topliss-reactive ketones (excluding diaryl/α,β-unsaturated/α-hetero) is 1. The number of fused-ring (bicyclic) bond motifs is 1. The molecule has 1 atom stereocenters. The van der Waals surface area contributed by atoms with E-state index in [1.54, 1.807) is 16.8 Å². The summed E-state index contributed by atoms with van der Waals surface area (Å²) in [7, 11) is 0. The topological polar surface area (TPSA) is 89.1 Å². The Morgan fingerprint density at radius 1 is 1.48 bits per heavy atom. The van der Waals surface area contributed by atoms with Crippen LogP contribution in [-0.2, 0) is 11.2 Å². The summed E-state index contributed by atoms with van der Waals surface area (Å²) in [5.74, 6) is -0.165. The number of ether oxygens (including phenoxy) is 1. The van der Waals surface area contributed by atoms with Gasteiger partial charge in [-0.15, -0.1) is 11.3 Å². The second-order valence-corrected chi connectivity index (χ2v) is 5.70. The summed E-state index contributed by atoms with van der Waals surface area (Å²) < 4.78 is 5.00. The molecule has 1 aliphatic rings. The van der Waals surface area contributed by atoms with Gasteiger partial charge in [-0.05, 0) is 18.4 Å². The van der Waals surface area contributed by atoms with E-state index in [9.17, 15) is 4.79 Å². The lowest BCUT2D eigenvalue weighted by atomic mass is 9.80. The van der Waals surface area contributed by atoms with E-state index in [0.717, 1.165) is 28.8 Å². The first kappa shape index (κ1) is 13.8. The Labute approximate surface area is 126 Å². The molecule has 0 fully saturated rings. The van der Waals surface area contributed by atoms with Gasteiger partial charge in [-0.2, -0.15) is 0 Å². The highest BCUT2D eigenvalue weighted by molar-refractivity contribution is 7.07. The van der Waals surface area contributed by atoms with Crippen LogP contribution in [0.2, 0.25) is 0 Å². The molecule has 1 heterocycles. The van der Waals surface area contributed by atoms with Gasteiger partial charge < -0.3 is 10.5 Å². The van der Waals surface area contributed by atoms with Crippen LogP contribution < -0.4 is 5.73 Å². The summed E-state index contributed by atoms with van der Waals surface area (Å²) in [6.45, 7) is 0.175. The number of nitrogens with one attached hydrogen (secondary N) is 1. The van der Waals surface area contributed by atoms with Gasteiger partial charge >= 0.3 is 0 Å². The van der Waals surface area contributed by atoms with Crippen LogP contribution in [0.25, 0.3) is 11.3 Å². The third kappa shape index (κ3) is 2.67. The fourth-order valence-electron chi connectivity index (χ4n) is 2.69. The number of aromatic nitrogens is 1. The molecule has 21 heavy (non-hydrogen) atoms. The van der Waals surface area contributed by atoms with Gasteiger partial charge in [-0.1, -0.05) is 18.2 Å². The summed E-state index contributed by atoms with van der Waals surface area (Å²) in [6, 6.07) is 5.41. The molecule has 3 N–H and O–H groups in total. The maximum atomic E-state index is 12.5. The number of ketones is 1. The van der Waals surface area contributed by atoms with Gasteiger partial charge in [0.2, 0.25) is 0 Å². The van der Waals surface area contributed by atoms with Crippen molar-refractivity contribution in [1.29, 1.82) is 5.41 Å². The molecule has 1 aliphatic carbocycles. The summed E-state index contributed by atoms with van der Waals surface area (Å²) >= 11 is 1.54. The van der Waals surface area contributed by atoms with Crippen molar-refractivity contribution in [3.63, 3.8) is 0 Å². The Kier molecular flexibility index (Phi) is 3.70. The lowest BCUT2D eigenvalue weighted by molar-refractivity contribution is 0.0843. The number of nitrogens with zero attached hydrogens (tertiary/aromatic N) is 1. The summed E-state index contributed by atoms with van der Waals surface area (Å²) in [6.07, 6.45) is 1.51. The first-order valence-electron chi connectivity index (χ1n) is 6.68. The number of hydrogen-bond acceptors (Lipinski definition) is 5. The minimum Gasteiger partial charge on any atom is -0.465 e. The number of carbonyl (C=O) groups is 1. The molecule has 5 nitrogen and oxygen atoms in total. The molecule has 0 saturated heterocycles. The van der Waals surface area contributed by atoms with Crippen molar-refractivity contribution in [2.24, 2.45) is 11.7 Å². The largest absolute Gasteiger partial charge is 0.465 e. The molecule has 2 aromatic rings. The molecule has 6 heteroatoms. The van der Waals surface area contributed by atoms with Gasteiger partial charge in [0.1, 0.15) is 6.61 Å². The average Bonchev–Trinajstić information content (AvgIpc) is 3.00. The molecule has 0 spiro atoms. The fourth-order valence-corrected chi connectivity index (χ4v) is 3.24. The zero-order chi connectivity index (χ0) is 14.8. The molecule has 0 aliphatic heterocycles. The molecule has 108 valence electrons. The summed E-state index contributed by atoms with van der Waals surface area (Å²) in [5.41, 5.74) is 10.7. The number of benzene rings is 1. The van der Waals surface area contributed by atoms with Crippen molar-refractivity contribution in [1.82, 2.24) is 4.98 Å². The molecule has 0 bridgehead atoms. The van der Waals surface area contributed by atoms with E-state index in [1.165, 1.54) is 0 Å². The summed E-state index contributed by atoms with van der Waals surface area (Å²) in [5, 5.41) is 9.08. The van der Waals surface area contributed by atoms with E-state index in [2.05, 4.69) is 4.98 Å². The zero-order valence-electron chi connectivity index (χ0n) is 11.3. The van der Waals surface area contributed by atoms with Crippen LogP contribution in [0.4, 0.5) is 0 Å². The van der Waals surface area contributed by atoms with E-state index in [1.807, 2.05) is 23.6 Å². The molecule has 0 amide bonds. The lowest BCUT2D eigenvalue weighted by Gasteiger charge is -2.24. The SMILES string of the molecule is N=C(N)OCC1CCc2c(cccc2-c2cscn2)C1=O. The van der Waals surface area contributed by atoms with Crippen molar-refractivity contribution in [3.8, 4) is 11.3 Å². The third-order valence-corrected chi connectivity index (χ3v) is 4.29. The van der Waals surface area contributed by atoms with Gasteiger partial charge in [0.25, 0.3) is 6.02 Å². The maximum Gasteiger partial charge on any atom is 0.279 e. The van der Waals surface area contributed by atoms with Crippen molar-refractivity contribution in [2.75, 3.05) is 6.61 Å². The molecule has 0 saturated carbocycles. The van der Waals surface area contributed by atoms with E-state index in [4.69, 9.17) is 15.9 Å². The molecular formula is C15H15N3O2S. The second kappa shape index (κ2) is 5.65. The van der Waals surface area contributed by atoms with E-state index >= 15 is 0 Å². The summed E-state index contributed by atoms with van der Waals surface area (Å²) in [4.78, 5) is 16.9. The minimum absolute atomic E-state index is 0.0644. The molecule has 3 rings (SSSR count). The van der Waals surface area contributed by atoms with E-state index < -0.39 is 0 Å². The first-order valence-corrected chi connectivity index (χ1v) is 7.62. The van der Waals surface area contributed by atoms with Gasteiger partial charge in [-0.25, -0.2) is 4.98 Å². The highest BCUT2D eigenvalue weighted by Crippen LogP contribution is 2.33. The van der Waals surface area contributed by atoms with Gasteiger partial charge in [0.15, 0.2) is 5.78 Å². The number of thiazole rings is 1. The van der Waals surface area contributed by atoms with E-state index in [-0.39, 0.29) is 24.3 Å². The van der Waals surface area contributed by atoms with Crippen LogP contribution in [0, 0.1) is 11.3 Å². The second-order valence-electron chi connectivity index (χ2n) is 4.98. The smallest absolute Gasteiger partial charge is 0.279 e. The van der Waals surface area contributed by atoms with Crippen molar-refractivity contribution in [2.45, 2.75) is 12.8 Å². The number of hydrogen-bond donors (Lipinski definition) is 2. The number of carbonyl (C=O) groups excluding carboxylic acids is 1. The van der Waals surface area contributed by atoms with E-state index in [0.29, 0.717) is 6.42 Å². The Balaban J connectivity index is 1.91. The van der Waals surface area contributed by atoms with Crippen LogP contribution in [0.3, 0.4) is 0 Å².